The lowest BCUT2D eigenvalue weighted by molar-refractivity contribution is -0.141. The summed E-state index contributed by atoms with van der Waals surface area (Å²) in [7, 11) is 0. The van der Waals surface area contributed by atoms with Crippen LogP contribution >= 0.6 is 11.6 Å². The maximum Gasteiger partial charge on any atom is 0.302 e. The van der Waals surface area contributed by atoms with Crippen molar-refractivity contribution in [3.05, 3.63) is 40.4 Å². The van der Waals surface area contributed by atoms with E-state index in [4.69, 9.17) is 21.1 Å². The minimum absolute atomic E-state index is 0.0885. The monoisotopic (exact) mass is 282 g/mol. The first-order chi connectivity index (χ1) is 8.97. The molecule has 0 N–H and O–H groups in total. The highest BCUT2D eigenvalue weighted by Crippen LogP contribution is 2.13. The molecule has 1 rings (SSSR count). The molecule has 0 aliphatic rings. The fourth-order valence-corrected chi connectivity index (χ4v) is 1.43. The van der Waals surface area contributed by atoms with Gasteiger partial charge in [0.15, 0.2) is 0 Å². The molecule has 0 spiro atoms. The molecule has 0 aliphatic carbocycles. The Bertz CT molecular complexity index is 457. The van der Waals surface area contributed by atoms with E-state index in [1.54, 1.807) is 18.2 Å². The van der Waals surface area contributed by atoms with Gasteiger partial charge in [0.05, 0.1) is 0 Å². The molecule has 0 fully saturated rings. The Morgan fingerprint density at radius 3 is 1.95 bits per heavy atom. The number of hydrogen-bond acceptors (Lipinski definition) is 4. The lowest BCUT2D eigenvalue weighted by atomic mass is 10.1. The Hall–Kier alpha value is -1.81. The number of hydrogen-bond donors (Lipinski definition) is 0. The summed E-state index contributed by atoms with van der Waals surface area (Å²) in [6.07, 6.45) is 1.79. The molecule has 0 heterocycles. The molecular weight excluding hydrogens is 268 g/mol. The Balaban J connectivity index is 2.77. The molecule has 0 saturated heterocycles. The maximum absolute atomic E-state index is 10.8. The van der Waals surface area contributed by atoms with Crippen molar-refractivity contribution in [2.45, 2.75) is 13.8 Å². The quantitative estimate of drug-likeness (QED) is 0.779. The van der Waals surface area contributed by atoms with Crippen molar-refractivity contribution in [3.63, 3.8) is 0 Å². The second-order valence-corrected chi connectivity index (χ2v) is 4.35. The highest BCUT2D eigenvalue weighted by atomic mass is 35.5. The van der Waals surface area contributed by atoms with E-state index >= 15 is 0 Å². The highest BCUT2D eigenvalue weighted by Gasteiger charge is 2.04. The van der Waals surface area contributed by atoms with E-state index in [-0.39, 0.29) is 25.2 Å². The maximum atomic E-state index is 10.8. The third-order valence-electron chi connectivity index (χ3n) is 2.16. The summed E-state index contributed by atoms with van der Waals surface area (Å²) < 4.78 is 9.82. The molecule has 1 aromatic rings. The first-order valence-electron chi connectivity index (χ1n) is 5.69. The van der Waals surface area contributed by atoms with E-state index in [1.807, 2.05) is 12.1 Å². The lowest BCUT2D eigenvalue weighted by Crippen LogP contribution is -2.10. The molecule has 0 unspecified atom stereocenters. The predicted octanol–water partition coefficient (Wildman–Crippen LogP) is 2.85. The topological polar surface area (TPSA) is 52.6 Å². The number of ether oxygens (including phenoxy) is 2. The highest BCUT2D eigenvalue weighted by molar-refractivity contribution is 6.30. The molecule has 0 saturated carbocycles. The predicted molar refractivity (Wildman–Crippen MR) is 72.7 cm³/mol. The summed E-state index contributed by atoms with van der Waals surface area (Å²) in [5.74, 6) is -0.769. The third kappa shape index (κ3) is 6.62. The van der Waals surface area contributed by atoms with Gasteiger partial charge < -0.3 is 9.47 Å². The van der Waals surface area contributed by atoms with Crippen molar-refractivity contribution in [2.75, 3.05) is 13.2 Å². The molecule has 0 bridgehead atoms. The Morgan fingerprint density at radius 2 is 1.53 bits per heavy atom. The van der Waals surface area contributed by atoms with Gasteiger partial charge in [-0.3, -0.25) is 9.59 Å². The van der Waals surface area contributed by atoms with Crippen molar-refractivity contribution in [1.29, 1.82) is 0 Å². The average molecular weight is 283 g/mol. The number of carbonyl (C=O) groups excluding carboxylic acids is 2. The summed E-state index contributed by atoms with van der Waals surface area (Å²) in [5.41, 5.74) is 1.58. The summed E-state index contributed by atoms with van der Waals surface area (Å²) in [6, 6.07) is 7.15. The van der Waals surface area contributed by atoms with Crippen LogP contribution in [0.1, 0.15) is 19.4 Å². The van der Waals surface area contributed by atoms with Crippen molar-refractivity contribution in [1.82, 2.24) is 0 Å². The molecular formula is C14H15ClO4. The smallest absolute Gasteiger partial charge is 0.302 e. The number of rotatable bonds is 5. The van der Waals surface area contributed by atoms with Crippen LogP contribution in [0.5, 0.6) is 0 Å². The Labute approximate surface area is 117 Å². The molecule has 102 valence electrons. The van der Waals surface area contributed by atoms with Crippen LogP contribution in [0.2, 0.25) is 5.02 Å². The second-order valence-electron chi connectivity index (χ2n) is 3.91. The van der Waals surface area contributed by atoms with Crippen LogP contribution in [0.15, 0.2) is 29.8 Å². The van der Waals surface area contributed by atoms with Crippen LogP contribution in [-0.4, -0.2) is 25.2 Å². The molecule has 4 nitrogen and oxygen atoms in total. The first-order valence-corrected chi connectivity index (χ1v) is 6.07. The minimum Gasteiger partial charge on any atom is -0.461 e. The van der Waals surface area contributed by atoms with Crippen LogP contribution in [0.25, 0.3) is 6.08 Å². The zero-order chi connectivity index (χ0) is 14.3. The molecule has 1 aromatic carbocycles. The molecule has 19 heavy (non-hydrogen) atoms. The van der Waals surface area contributed by atoms with Crippen LogP contribution in [-0.2, 0) is 19.1 Å². The van der Waals surface area contributed by atoms with Gasteiger partial charge in [0.1, 0.15) is 13.2 Å². The van der Waals surface area contributed by atoms with Gasteiger partial charge >= 0.3 is 11.9 Å². The van der Waals surface area contributed by atoms with Crippen LogP contribution < -0.4 is 0 Å². The molecule has 5 heteroatoms. The largest absolute Gasteiger partial charge is 0.461 e. The van der Waals surface area contributed by atoms with Gasteiger partial charge in [0, 0.05) is 24.4 Å². The first kappa shape index (κ1) is 15.2. The van der Waals surface area contributed by atoms with Gasteiger partial charge in [0.25, 0.3) is 0 Å². The number of benzene rings is 1. The van der Waals surface area contributed by atoms with Gasteiger partial charge in [-0.2, -0.15) is 0 Å². The number of carbonyl (C=O) groups is 2. The van der Waals surface area contributed by atoms with Crippen LogP contribution in [0.3, 0.4) is 0 Å². The molecule has 0 atom stereocenters. The van der Waals surface area contributed by atoms with Crippen molar-refractivity contribution in [3.8, 4) is 0 Å². The van der Waals surface area contributed by atoms with Crippen molar-refractivity contribution in [2.24, 2.45) is 0 Å². The Morgan fingerprint density at radius 1 is 1.05 bits per heavy atom. The van der Waals surface area contributed by atoms with Gasteiger partial charge in [-0.05, 0) is 23.8 Å². The van der Waals surface area contributed by atoms with E-state index in [1.165, 1.54) is 13.8 Å². The lowest BCUT2D eigenvalue weighted by Gasteiger charge is -2.08. The fraction of sp³-hybridized carbons (Fsp3) is 0.286. The number of esters is 2. The second kappa shape index (κ2) is 7.59. The van der Waals surface area contributed by atoms with E-state index in [2.05, 4.69) is 0 Å². The fourth-order valence-electron chi connectivity index (χ4n) is 1.31. The van der Waals surface area contributed by atoms with Crippen LogP contribution in [0.4, 0.5) is 0 Å². The average Bonchev–Trinajstić information content (AvgIpc) is 2.35. The van der Waals surface area contributed by atoms with E-state index in [9.17, 15) is 9.59 Å². The van der Waals surface area contributed by atoms with Gasteiger partial charge in [-0.25, -0.2) is 0 Å². The summed E-state index contributed by atoms with van der Waals surface area (Å²) in [6.45, 7) is 2.83. The normalized spacial score (nSPS) is 9.63. The zero-order valence-corrected chi connectivity index (χ0v) is 11.6. The number of halogens is 1. The SMILES string of the molecule is CC(=O)OCC(=Cc1ccc(Cl)cc1)COC(C)=O. The van der Waals surface area contributed by atoms with Crippen molar-refractivity contribution < 1.29 is 19.1 Å². The van der Waals surface area contributed by atoms with Crippen molar-refractivity contribution >= 4 is 29.6 Å². The van der Waals surface area contributed by atoms with Gasteiger partial charge in [-0.15, -0.1) is 0 Å². The standard InChI is InChI=1S/C14H15ClO4/c1-10(16)18-8-13(9-19-11(2)17)7-12-3-5-14(15)6-4-12/h3-7H,8-9H2,1-2H3. The molecule has 0 aliphatic heterocycles. The third-order valence-corrected chi connectivity index (χ3v) is 2.41. The molecule has 0 amide bonds. The molecule has 0 aromatic heterocycles. The Kier molecular flexibility index (Phi) is 6.09. The summed E-state index contributed by atoms with van der Waals surface area (Å²) in [5, 5.41) is 0.638. The summed E-state index contributed by atoms with van der Waals surface area (Å²) in [4.78, 5) is 21.6. The van der Waals surface area contributed by atoms with Gasteiger partial charge in [-0.1, -0.05) is 23.7 Å². The minimum atomic E-state index is -0.384. The van der Waals surface area contributed by atoms with E-state index < -0.39 is 0 Å². The summed E-state index contributed by atoms with van der Waals surface area (Å²) >= 11 is 5.79. The molecule has 0 radical (unpaired) electrons. The zero-order valence-electron chi connectivity index (χ0n) is 10.8. The van der Waals surface area contributed by atoms with Crippen LogP contribution in [0, 0.1) is 0 Å². The van der Waals surface area contributed by atoms with E-state index in [0.29, 0.717) is 10.6 Å². The van der Waals surface area contributed by atoms with Gasteiger partial charge in [0.2, 0.25) is 0 Å². The van der Waals surface area contributed by atoms with E-state index in [0.717, 1.165) is 5.56 Å².